The number of hydrogen-bond acceptors (Lipinski definition) is 1. The molecule has 0 aromatic heterocycles. The van der Waals surface area contributed by atoms with Gasteiger partial charge in [0, 0.05) is 12.2 Å². The van der Waals surface area contributed by atoms with Crippen LogP contribution in [0.4, 0.5) is 18.9 Å². The Morgan fingerprint density at radius 1 is 1.35 bits per heavy atom. The van der Waals surface area contributed by atoms with Gasteiger partial charge in [-0.05, 0) is 43.8 Å². The third kappa shape index (κ3) is 3.89. The minimum absolute atomic E-state index is 0.192. The average molecular weight is 262 g/mol. The van der Waals surface area contributed by atoms with Gasteiger partial charge in [0.1, 0.15) is 0 Å². The normalized spacial score (nSPS) is 11.1. The molecule has 0 atom stereocenters. The Balaban J connectivity index is 2.93. The fraction of sp³-hybridized carbons (Fsp3) is 0.364. The zero-order valence-electron chi connectivity index (χ0n) is 9.48. The van der Waals surface area contributed by atoms with Crippen molar-refractivity contribution in [3.8, 4) is 0 Å². The molecule has 0 spiro atoms. The molecule has 0 radical (unpaired) electrons. The maximum atomic E-state index is 12.6. The first-order chi connectivity index (χ1) is 7.84. The molecule has 0 unspecified atom stereocenters. The molecule has 1 aromatic carbocycles. The van der Waals surface area contributed by atoms with E-state index in [1.807, 2.05) is 6.92 Å². The summed E-state index contributed by atoms with van der Waals surface area (Å²) in [5, 5.41) is 5.82. The molecule has 1 aromatic rings. The highest BCUT2D eigenvalue weighted by atomic mass is 32.1. The minimum Gasteiger partial charge on any atom is -0.363 e. The Hall–Kier alpha value is -1.30. The Morgan fingerprint density at radius 2 is 2.00 bits per heavy atom. The van der Waals surface area contributed by atoms with Crippen LogP contribution in [0, 0.1) is 6.92 Å². The van der Waals surface area contributed by atoms with Crippen molar-refractivity contribution < 1.29 is 13.2 Å². The van der Waals surface area contributed by atoms with Crippen LogP contribution >= 0.6 is 12.2 Å². The molecule has 2 nitrogen and oxygen atoms in total. The number of rotatable bonds is 2. The second-order valence-corrected chi connectivity index (χ2v) is 3.92. The monoisotopic (exact) mass is 262 g/mol. The zero-order chi connectivity index (χ0) is 13.1. The highest BCUT2D eigenvalue weighted by molar-refractivity contribution is 7.80. The Labute approximate surface area is 103 Å². The molecule has 17 heavy (non-hydrogen) atoms. The van der Waals surface area contributed by atoms with Crippen molar-refractivity contribution in [2.24, 2.45) is 0 Å². The zero-order valence-corrected chi connectivity index (χ0v) is 10.3. The van der Waals surface area contributed by atoms with Crippen LogP contribution in [0.5, 0.6) is 0 Å². The van der Waals surface area contributed by atoms with Crippen molar-refractivity contribution in [3.63, 3.8) is 0 Å². The summed E-state index contributed by atoms with van der Waals surface area (Å²) in [6.45, 7) is 3.89. The van der Waals surface area contributed by atoms with E-state index >= 15 is 0 Å². The van der Waals surface area contributed by atoms with Gasteiger partial charge < -0.3 is 10.6 Å². The molecule has 0 amide bonds. The second kappa shape index (κ2) is 5.35. The summed E-state index contributed by atoms with van der Waals surface area (Å²) >= 11 is 4.90. The number of aryl methyl sites for hydroxylation is 1. The molecule has 0 bridgehead atoms. The third-order valence-corrected chi connectivity index (χ3v) is 2.38. The highest BCUT2D eigenvalue weighted by Crippen LogP contribution is 2.33. The molecule has 0 aliphatic heterocycles. The van der Waals surface area contributed by atoms with E-state index in [4.69, 9.17) is 12.2 Å². The predicted molar refractivity (Wildman–Crippen MR) is 66.1 cm³/mol. The summed E-state index contributed by atoms with van der Waals surface area (Å²) in [4.78, 5) is 0. The number of benzene rings is 1. The third-order valence-electron chi connectivity index (χ3n) is 2.14. The lowest BCUT2D eigenvalue weighted by molar-refractivity contribution is -0.138. The van der Waals surface area contributed by atoms with Crippen LogP contribution in [0.2, 0.25) is 0 Å². The van der Waals surface area contributed by atoms with Gasteiger partial charge in [0.2, 0.25) is 0 Å². The van der Waals surface area contributed by atoms with Crippen LogP contribution in [-0.4, -0.2) is 11.7 Å². The van der Waals surface area contributed by atoms with Crippen molar-refractivity contribution in [2.45, 2.75) is 20.0 Å². The van der Waals surface area contributed by atoms with Crippen LogP contribution < -0.4 is 10.6 Å². The van der Waals surface area contributed by atoms with Crippen LogP contribution in [0.1, 0.15) is 18.1 Å². The molecular weight excluding hydrogens is 249 g/mol. The number of halogens is 3. The SMILES string of the molecule is CCNC(=S)Nc1ccc(C)c(C(F)(F)F)c1. The molecule has 6 heteroatoms. The molecular formula is C11H13F3N2S. The van der Waals surface area contributed by atoms with Crippen molar-refractivity contribution >= 4 is 23.0 Å². The van der Waals surface area contributed by atoms with E-state index in [1.54, 1.807) is 6.07 Å². The van der Waals surface area contributed by atoms with E-state index in [-0.39, 0.29) is 5.56 Å². The van der Waals surface area contributed by atoms with Crippen molar-refractivity contribution in [1.29, 1.82) is 0 Å². The second-order valence-electron chi connectivity index (χ2n) is 3.51. The highest BCUT2D eigenvalue weighted by Gasteiger charge is 2.32. The van der Waals surface area contributed by atoms with Gasteiger partial charge in [-0.2, -0.15) is 13.2 Å². The standard InChI is InChI=1S/C11H13F3N2S/c1-3-15-10(17)16-8-5-4-7(2)9(6-8)11(12,13)14/h4-6H,3H2,1-2H3,(H2,15,16,17). The van der Waals surface area contributed by atoms with E-state index in [0.717, 1.165) is 6.07 Å². The van der Waals surface area contributed by atoms with Crippen LogP contribution in [0.15, 0.2) is 18.2 Å². The van der Waals surface area contributed by atoms with E-state index in [1.165, 1.54) is 13.0 Å². The molecule has 0 fully saturated rings. The number of alkyl halides is 3. The number of thiocarbonyl (C=S) groups is 1. The van der Waals surface area contributed by atoms with E-state index in [9.17, 15) is 13.2 Å². The van der Waals surface area contributed by atoms with Gasteiger partial charge in [-0.15, -0.1) is 0 Å². The van der Waals surface area contributed by atoms with E-state index < -0.39 is 11.7 Å². The van der Waals surface area contributed by atoms with Gasteiger partial charge in [-0.3, -0.25) is 0 Å². The Kier molecular flexibility index (Phi) is 4.34. The maximum Gasteiger partial charge on any atom is 0.416 e. The van der Waals surface area contributed by atoms with E-state index in [0.29, 0.717) is 17.3 Å². The lowest BCUT2D eigenvalue weighted by Gasteiger charge is -2.14. The summed E-state index contributed by atoms with van der Waals surface area (Å²) < 4.78 is 37.9. The van der Waals surface area contributed by atoms with Crippen molar-refractivity contribution in [1.82, 2.24) is 5.32 Å². The first-order valence-electron chi connectivity index (χ1n) is 5.07. The topological polar surface area (TPSA) is 24.1 Å². The van der Waals surface area contributed by atoms with Crippen LogP contribution in [-0.2, 0) is 6.18 Å². The summed E-state index contributed by atoms with van der Waals surface area (Å²) in [5.74, 6) is 0. The summed E-state index contributed by atoms with van der Waals surface area (Å²) in [6, 6.07) is 4.03. The molecule has 0 saturated carbocycles. The minimum atomic E-state index is -4.35. The fourth-order valence-electron chi connectivity index (χ4n) is 1.34. The summed E-state index contributed by atoms with van der Waals surface area (Å²) in [7, 11) is 0. The van der Waals surface area contributed by atoms with Gasteiger partial charge in [0.05, 0.1) is 5.56 Å². The van der Waals surface area contributed by atoms with Crippen LogP contribution in [0.3, 0.4) is 0 Å². The van der Waals surface area contributed by atoms with Gasteiger partial charge in [0.15, 0.2) is 5.11 Å². The Morgan fingerprint density at radius 3 is 2.53 bits per heavy atom. The molecule has 94 valence electrons. The van der Waals surface area contributed by atoms with Gasteiger partial charge in [0.25, 0.3) is 0 Å². The molecule has 0 aliphatic carbocycles. The van der Waals surface area contributed by atoms with E-state index in [2.05, 4.69) is 10.6 Å². The molecule has 2 N–H and O–H groups in total. The van der Waals surface area contributed by atoms with Crippen LogP contribution in [0.25, 0.3) is 0 Å². The molecule has 1 rings (SSSR count). The predicted octanol–water partition coefficient (Wildman–Crippen LogP) is 3.32. The van der Waals surface area contributed by atoms with Gasteiger partial charge in [-0.25, -0.2) is 0 Å². The largest absolute Gasteiger partial charge is 0.416 e. The lowest BCUT2D eigenvalue weighted by Crippen LogP contribution is -2.28. The molecule has 0 heterocycles. The van der Waals surface area contributed by atoms with Gasteiger partial charge in [-0.1, -0.05) is 6.07 Å². The van der Waals surface area contributed by atoms with Crippen molar-refractivity contribution in [2.75, 3.05) is 11.9 Å². The summed E-state index contributed by atoms with van der Waals surface area (Å²) in [6.07, 6.45) is -4.35. The van der Waals surface area contributed by atoms with Gasteiger partial charge >= 0.3 is 6.18 Å². The van der Waals surface area contributed by atoms with Crippen molar-refractivity contribution in [3.05, 3.63) is 29.3 Å². The number of anilines is 1. The number of hydrogen-bond donors (Lipinski definition) is 2. The molecule has 0 aliphatic rings. The first-order valence-corrected chi connectivity index (χ1v) is 5.48. The Bertz CT molecular complexity index is 416. The molecule has 0 saturated heterocycles. The number of nitrogens with one attached hydrogen (secondary N) is 2. The fourth-order valence-corrected chi connectivity index (χ4v) is 1.60. The smallest absolute Gasteiger partial charge is 0.363 e. The first kappa shape index (κ1) is 13.8. The summed E-state index contributed by atoms with van der Waals surface area (Å²) in [5.41, 5.74) is -0.131. The average Bonchev–Trinajstić information content (AvgIpc) is 2.19. The quantitative estimate of drug-likeness (QED) is 0.799. The maximum absolute atomic E-state index is 12.6. The lowest BCUT2D eigenvalue weighted by atomic mass is 10.1.